The highest BCUT2D eigenvalue weighted by atomic mass is 15.1. The molecule has 0 amide bonds. The molecule has 0 N–H and O–H groups in total. The van der Waals surface area contributed by atoms with Gasteiger partial charge in [-0.2, -0.15) is 0 Å². The number of unbranched alkanes of at least 4 members (excludes halogenated alkanes) is 4. The molecular formula is C17H25N2+. The third-order valence-corrected chi connectivity index (χ3v) is 3.70. The van der Waals surface area contributed by atoms with Crippen LogP contribution in [-0.2, 0) is 6.54 Å². The lowest BCUT2D eigenvalue weighted by Crippen LogP contribution is -2.35. The van der Waals surface area contributed by atoms with Gasteiger partial charge >= 0.3 is 0 Å². The molecule has 0 aliphatic rings. The quantitative estimate of drug-likeness (QED) is 0.523. The van der Waals surface area contributed by atoms with E-state index in [9.17, 15) is 0 Å². The van der Waals surface area contributed by atoms with Crippen LogP contribution in [0.5, 0.6) is 0 Å². The highest BCUT2D eigenvalue weighted by Crippen LogP contribution is 2.09. The molecule has 0 saturated carbocycles. The van der Waals surface area contributed by atoms with Gasteiger partial charge in [-0.05, 0) is 25.0 Å². The van der Waals surface area contributed by atoms with E-state index in [1.165, 1.54) is 43.6 Å². The van der Waals surface area contributed by atoms with Gasteiger partial charge in [-0.25, -0.2) is 9.13 Å². The van der Waals surface area contributed by atoms with E-state index >= 15 is 0 Å². The molecule has 19 heavy (non-hydrogen) atoms. The van der Waals surface area contributed by atoms with E-state index in [4.69, 9.17) is 0 Å². The SMILES string of the molecule is CCCCCCC[n+]1ccn(-c2ccccc2)c1C. The maximum atomic E-state index is 2.36. The second-order valence-electron chi connectivity index (χ2n) is 5.16. The van der Waals surface area contributed by atoms with Crippen molar-refractivity contribution in [3.8, 4) is 5.69 Å². The minimum Gasteiger partial charge on any atom is -0.234 e. The van der Waals surface area contributed by atoms with Gasteiger partial charge in [0, 0.05) is 6.92 Å². The van der Waals surface area contributed by atoms with Crippen LogP contribution >= 0.6 is 0 Å². The summed E-state index contributed by atoms with van der Waals surface area (Å²) in [7, 11) is 0. The lowest BCUT2D eigenvalue weighted by atomic mass is 10.1. The number of hydrogen-bond acceptors (Lipinski definition) is 0. The first-order valence-corrected chi connectivity index (χ1v) is 7.45. The molecule has 0 aliphatic carbocycles. The Kier molecular flexibility index (Phi) is 5.20. The van der Waals surface area contributed by atoms with Gasteiger partial charge in [0.2, 0.25) is 0 Å². The van der Waals surface area contributed by atoms with Crippen molar-refractivity contribution >= 4 is 0 Å². The molecule has 0 fully saturated rings. The molecule has 0 saturated heterocycles. The minimum atomic E-state index is 1.13. The number of hydrogen-bond donors (Lipinski definition) is 0. The van der Waals surface area contributed by atoms with E-state index in [2.05, 4.69) is 65.7 Å². The zero-order valence-corrected chi connectivity index (χ0v) is 12.2. The molecule has 1 aromatic heterocycles. The smallest absolute Gasteiger partial charge is 0.234 e. The molecule has 102 valence electrons. The van der Waals surface area contributed by atoms with Gasteiger partial charge in [0.05, 0.1) is 6.54 Å². The maximum absolute atomic E-state index is 2.36. The zero-order chi connectivity index (χ0) is 13.5. The summed E-state index contributed by atoms with van der Waals surface area (Å²) in [5, 5.41) is 0. The summed E-state index contributed by atoms with van der Waals surface area (Å²) < 4.78 is 4.62. The Labute approximate surface area is 116 Å². The Bertz CT molecular complexity index is 485. The summed E-state index contributed by atoms with van der Waals surface area (Å²) in [5.41, 5.74) is 1.24. The van der Waals surface area contributed by atoms with Crippen LogP contribution in [0.4, 0.5) is 0 Å². The van der Waals surface area contributed by atoms with E-state index in [1.54, 1.807) is 0 Å². The number of rotatable bonds is 7. The van der Waals surface area contributed by atoms with E-state index < -0.39 is 0 Å². The standard InChI is InChI=1S/C17H25N2/c1-3-4-5-6-10-13-18-14-15-19(16(18)2)17-11-8-7-9-12-17/h7-9,11-12,14-15H,3-6,10,13H2,1-2H3/q+1. The van der Waals surface area contributed by atoms with Crippen LogP contribution in [0.25, 0.3) is 5.69 Å². The van der Waals surface area contributed by atoms with Crippen LogP contribution in [0.15, 0.2) is 42.7 Å². The van der Waals surface area contributed by atoms with Crippen LogP contribution < -0.4 is 4.57 Å². The van der Waals surface area contributed by atoms with E-state index in [1.807, 2.05) is 0 Å². The van der Waals surface area contributed by atoms with E-state index in [0.717, 1.165) is 6.54 Å². The molecule has 1 heterocycles. The predicted octanol–water partition coefficient (Wildman–Crippen LogP) is 4.04. The highest BCUT2D eigenvalue weighted by molar-refractivity contribution is 5.31. The van der Waals surface area contributed by atoms with Crippen molar-refractivity contribution in [2.75, 3.05) is 0 Å². The lowest BCUT2D eigenvalue weighted by molar-refractivity contribution is -0.702. The summed E-state index contributed by atoms with van der Waals surface area (Å²) in [5.74, 6) is 1.31. The van der Waals surface area contributed by atoms with Crippen molar-refractivity contribution in [2.45, 2.75) is 52.5 Å². The molecule has 2 heteroatoms. The third kappa shape index (κ3) is 3.69. The normalized spacial score (nSPS) is 10.8. The van der Waals surface area contributed by atoms with Crippen LogP contribution in [-0.4, -0.2) is 4.57 Å². The maximum Gasteiger partial charge on any atom is 0.258 e. The van der Waals surface area contributed by atoms with Crippen molar-refractivity contribution in [1.82, 2.24) is 4.57 Å². The predicted molar refractivity (Wildman–Crippen MR) is 79.5 cm³/mol. The first kappa shape index (κ1) is 13.9. The molecule has 0 atom stereocenters. The molecule has 2 aromatic rings. The van der Waals surface area contributed by atoms with Gasteiger partial charge in [0.1, 0.15) is 18.1 Å². The first-order valence-electron chi connectivity index (χ1n) is 7.45. The van der Waals surface area contributed by atoms with Gasteiger partial charge < -0.3 is 0 Å². The molecular weight excluding hydrogens is 232 g/mol. The Morgan fingerprint density at radius 3 is 2.47 bits per heavy atom. The molecule has 0 unspecified atom stereocenters. The summed E-state index contributed by atoms with van der Waals surface area (Å²) >= 11 is 0. The zero-order valence-electron chi connectivity index (χ0n) is 12.2. The Balaban J connectivity index is 1.95. The largest absolute Gasteiger partial charge is 0.258 e. The third-order valence-electron chi connectivity index (χ3n) is 3.70. The monoisotopic (exact) mass is 257 g/mol. The average Bonchev–Trinajstić information content (AvgIpc) is 2.81. The summed E-state index contributed by atoms with van der Waals surface area (Å²) in [6.07, 6.45) is 11.0. The fraction of sp³-hybridized carbons (Fsp3) is 0.471. The Morgan fingerprint density at radius 1 is 1.00 bits per heavy atom. The Hall–Kier alpha value is -1.57. The second kappa shape index (κ2) is 7.13. The van der Waals surface area contributed by atoms with Crippen molar-refractivity contribution < 1.29 is 4.57 Å². The van der Waals surface area contributed by atoms with Crippen LogP contribution in [0.3, 0.4) is 0 Å². The van der Waals surface area contributed by atoms with E-state index in [-0.39, 0.29) is 0 Å². The van der Waals surface area contributed by atoms with Crippen molar-refractivity contribution in [1.29, 1.82) is 0 Å². The lowest BCUT2D eigenvalue weighted by Gasteiger charge is -2.01. The number of imidazole rings is 1. The fourth-order valence-electron chi connectivity index (χ4n) is 2.48. The number of nitrogens with zero attached hydrogens (tertiary/aromatic N) is 2. The first-order chi connectivity index (χ1) is 9.33. The number of para-hydroxylation sites is 1. The van der Waals surface area contributed by atoms with E-state index in [0.29, 0.717) is 0 Å². The van der Waals surface area contributed by atoms with Crippen molar-refractivity contribution in [3.63, 3.8) is 0 Å². The molecule has 0 bridgehead atoms. The Morgan fingerprint density at radius 2 is 1.74 bits per heavy atom. The van der Waals surface area contributed by atoms with Crippen LogP contribution in [0, 0.1) is 6.92 Å². The fourth-order valence-corrected chi connectivity index (χ4v) is 2.48. The topological polar surface area (TPSA) is 8.81 Å². The minimum absolute atomic E-state index is 1.13. The van der Waals surface area contributed by atoms with Gasteiger partial charge in [0.15, 0.2) is 0 Å². The summed E-state index contributed by atoms with van der Waals surface area (Å²) in [6.45, 7) is 5.59. The van der Waals surface area contributed by atoms with Crippen LogP contribution in [0.2, 0.25) is 0 Å². The number of benzene rings is 1. The average molecular weight is 257 g/mol. The van der Waals surface area contributed by atoms with Gasteiger partial charge in [-0.1, -0.05) is 44.4 Å². The van der Waals surface area contributed by atoms with Gasteiger partial charge in [-0.15, -0.1) is 0 Å². The summed E-state index contributed by atoms with van der Waals surface area (Å²) in [6, 6.07) is 10.5. The number of aromatic nitrogens is 2. The summed E-state index contributed by atoms with van der Waals surface area (Å²) in [4.78, 5) is 0. The van der Waals surface area contributed by atoms with Gasteiger partial charge in [0.25, 0.3) is 5.82 Å². The van der Waals surface area contributed by atoms with Crippen LogP contribution in [0.1, 0.15) is 44.9 Å². The molecule has 1 aromatic carbocycles. The molecule has 0 radical (unpaired) electrons. The number of aryl methyl sites for hydroxylation is 1. The molecule has 0 aliphatic heterocycles. The van der Waals surface area contributed by atoms with Crippen molar-refractivity contribution in [3.05, 3.63) is 48.5 Å². The molecule has 2 nitrogen and oxygen atoms in total. The molecule has 0 spiro atoms. The van der Waals surface area contributed by atoms with Crippen molar-refractivity contribution in [2.24, 2.45) is 0 Å². The molecule has 2 rings (SSSR count). The van der Waals surface area contributed by atoms with Gasteiger partial charge in [-0.3, -0.25) is 0 Å². The second-order valence-corrected chi connectivity index (χ2v) is 5.16. The highest BCUT2D eigenvalue weighted by Gasteiger charge is 2.12.